The van der Waals surface area contributed by atoms with Gasteiger partial charge in [0.2, 0.25) is 0 Å². The molecule has 2 amide bonds. The summed E-state index contributed by atoms with van der Waals surface area (Å²) >= 11 is 0. The molecule has 8 heteroatoms. The van der Waals surface area contributed by atoms with Gasteiger partial charge in [-0.2, -0.15) is 18.2 Å². The molecule has 0 unspecified atom stereocenters. The molecule has 3 aromatic carbocycles. The Morgan fingerprint density at radius 2 is 1.68 bits per heavy atom. The Kier molecular flexibility index (Phi) is 6.37. The molecule has 0 spiro atoms. The minimum atomic E-state index is -0.446. The van der Waals surface area contributed by atoms with E-state index in [0.717, 1.165) is 5.52 Å². The van der Waals surface area contributed by atoms with Gasteiger partial charge in [0.05, 0.1) is 22.2 Å². The van der Waals surface area contributed by atoms with Crippen molar-refractivity contribution in [2.24, 2.45) is 0 Å². The summed E-state index contributed by atoms with van der Waals surface area (Å²) in [6.07, 6.45) is 1.63. The number of carbonyl (C=O) groups excluding carboxylic acids is 2. The maximum absolute atomic E-state index is 12.3. The van der Waals surface area contributed by atoms with Gasteiger partial charge >= 0.3 is 30.8 Å². The number of benzene rings is 2. The third-order valence-corrected chi connectivity index (χ3v) is 4.82. The van der Waals surface area contributed by atoms with Crippen LogP contribution >= 0.6 is 0 Å². The van der Waals surface area contributed by atoms with Gasteiger partial charge in [-0.05, 0) is 12.1 Å². The van der Waals surface area contributed by atoms with Crippen LogP contribution in [0.4, 0.5) is 0 Å². The number of amides is 2. The first-order valence-corrected chi connectivity index (χ1v) is 8.91. The van der Waals surface area contributed by atoms with Crippen molar-refractivity contribution >= 4 is 44.5 Å². The zero-order chi connectivity index (χ0) is 21.3. The Balaban J connectivity index is 0.000000297. The van der Waals surface area contributed by atoms with Crippen LogP contribution in [0, 0.1) is 6.65 Å². The van der Waals surface area contributed by atoms with E-state index in [1.165, 1.54) is 12.1 Å². The molecule has 2 aromatic heterocycles. The molecule has 7 nitrogen and oxygen atoms in total. The van der Waals surface area contributed by atoms with Gasteiger partial charge in [-0.1, -0.05) is 18.2 Å². The first kappa shape index (κ1) is 22.0. The summed E-state index contributed by atoms with van der Waals surface area (Å²) in [7, 11) is 0. The van der Waals surface area contributed by atoms with Crippen molar-refractivity contribution in [1.29, 1.82) is 0 Å². The number of aromatic amines is 1. The number of carbonyl (C=O) groups is 2. The van der Waals surface area contributed by atoms with E-state index in [2.05, 4.69) is 21.9 Å². The van der Waals surface area contributed by atoms with Crippen molar-refractivity contribution in [3.8, 4) is 5.75 Å². The van der Waals surface area contributed by atoms with E-state index in [1.807, 2.05) is 30.3 Å². The molecule has 0 fully saturated rings. The topological polar surface area (TPSA) is 118 Å². The summed E-state index contributed by atoms with van der Waals surface area (Å²) in [5.74, 6) is -1.03. The number of nitrogens with zero attached hydrogens (tertiary/aromatic N) is 1. The van der Waals surface area contributed by atoms with E-state index >= 15 is 0 Å². The molecule has 31 heavy (non-hydrogen) atoms. The van der Waals surface area contributed by atoms with E-state index in [0.29, 0.717) is 38.3 Å². The first-order chi connectivity index (χ1) is 14.6. The number of hydrogen-bond donors (Lipinski definition) is 2. The van der Waals surface area contributed by atoms with Crippen molar-refractivity contribution in [2.75, 3.05) is 0 Å². The number of aromatic nitrogens is 2. The molecule has 152 valence electrons. The number of imide groups is 1. The van der Waals surface area contributed by atoms with E-state index in [9.17, 15) is 14.7 Å². The van der Waals surface area contributed by atoms with Crippen molar-refractivity contribution in [3.63, 3.8) is 0 Å². The van der Waals surface area contributed by atoms with E-state index in [1.54, 1.807) is 24.4 Å². The summed E-state index contributed by atoms with van der Waals surface area (Å²) in [6.45, 7) is 4.50. The van der Waals surface area contributed by atoms with Gasteiger partial charge in [-0.25, -0.2) is 12.1 Å². The minimum Gasteiger partial charge on any atom is -0.214 e. The van der Waals surface area contributed by atoms with E-state index < -0.39 is 11.8 Å². The van der Waals surface area contributed by atoms with Crippen molar-refractivity contribution in [1.82, 2.24) is 15.3 Å². The average Bonchev–Trinajstić information content (AvgIpc) is 3.50. The van der Waals surface area contributed by atoms with Gasteiger partial charge in [0.15, 0.2) is 0 Å². The molecule has 0 radical (unpaired) electrons. The Labute approximate surface area is 188 Å². The predicted octanol–water partition coefficient (Wildman–Crippen LogP) is 3.19. The second-order valence-electron chi connectivity index (χ2n) is 6.48. The second kappa shape index (κ2) is 8.98. The Morgan fingerprint density at radius 3 is 2.35 bits per heavy atom. The Hall–Kier alpha value is -3.70. The van der Waals surface area contributed by atoms with Crippen LogP contribution in [0.5, 0.6) is 5.75 Å². The minimum absolute atomic E-state index is 0. The standard InChI is InChI=1S/C17H9N3O3.C5H5.CO.Ru/c21-7-3-4-10-9(6-7)11-13-12(16(22)20-17(13)23)8-2-1-5-18-14(8)15(11)19-10;1-2-4-5-3-1;1-2;/h1-6,19,21H,(H,20,22,23);1-5H;;/q;-1;;+2/p-1. The molecule has 5 aromatic rings. The third kappa shape index (κ3) is 3.64. The van der Waals surface area contributed by atoms with Gasteiger partial charge in [0.1, 0.15) is 0 Å². The van der Waals surface area contributed by atoms with Crippen LogP contribution in [-0.4, -0.2) is 21.8 Å². The fourth-order valence-electron chi connectivity index (χ4n) is 3.69. The van der Waals surface area contributed by atoms with Gasteiger partial charge in [-0.3, -0.25) is 19.9 Å². The Morgan fingerprint density at radius 1 is 0.968 bits per heavy atom. The Bertz CT molecular complexity index is 1420. The molecule has 3 heterocycles. The maximum Gasteiger partial charge on any atom is 2.00 e. The second-order valence-corrected chi connectivity index (χ2v) is 6.48. The number of H-pyrrole nitrogens is 1. The fraction of sp³-hybridized carbons (Fsp3) is 0. The monoisotopic (exact) mass is 497 g/mol. The number of nitrogens with one attached hydrogen (secondary N) is 2. The van der Waals surface area contributed by atoms with E-state index in [-0.39, 0.29) is 25.2 Å². The zero-order valence-corrected chi connectivity index (χ0v) is 17.5. The van der Waals surface area contributed by atoms with Crippen LogP contribution in [0.2, 0.25) is 0 Å². The molecule has 0 bridgehead atoms. The van der Waals surface area contributed by atoms with Gasteiger partial charge < -0.3 is 10.1 Å². The van der Waals surface area contributed by atoms with Crippen molar-refractivity contribution < 1.29 is 38.8 Å². The molecular formula is C23H13N3O4Ru. The number of pyridine rings is 1. The van der Waals surface area contributed by atoms with Crippen LogP contribution in [0.1, 0.15) is 20.7 Å². The summed E-state index contributed by atoms with van der Waals surface area (Å²) in [6, 6.07) is 18.1. The molecule has 0 saturated carbocycles. The summed E-state index contributed by atoms with van der Waals surface area (Å²) in [5, 5.41) is 15.9. The smallest absolute Gasteiger partial charge is 0.214 e. The molecular weight excluding hydrogens is 483 g/mol. The van der Waals surface area contributed by atoms with Gasteiger partial charge in [0.25, 0.3) is 11.8 Å². The summed E-state index contributed by atoms with van der Waals surface area (Å²) in [4.78, 5) is 32.1. The molecule has 2 N–H and O–H groups in total. The first-order valence-electron chi connectivity index (χ1n) is 8.91. The molecule has 1 aliphatic heterocycles. The van der Waals surface area contributed by atoms with Crippen molar-refractivity contribution in [2.45, 2.75) is 0 Å². The SMILES string of the molecule is O=C1NC(=O)c2c1c1cccnc1c1[nH]c3ccc([O-])cc3c21.[C-]#[O+].[Ru+2].c1cc[cH-]c1. The quantitative estimate of drug-likeness (QED) is 0.148. The van der Waals surface area contributed by atoms with Crippen LogP contribution in [0.15, 0.2) is 66.9 Å². The largest absolute Gasteiger partial charge is 2.00 e. The van der Waals surface area contributed by atoms with Gasteiger partial charge in [-0.15, -0.1) is 5.75 Å². The fourth-order valence-corrected chi connectivity index (χ4v) is 3.69. The molecule has 0 atom stereocenters. The summed E-state index contributed by atoms with van der Waals surface area (Å²) in [5.41, 5.74) is 2.62. The van der Waals surface area contributed by atoms with E-state index in [4.69, 9.17) is 4.65 Å². The van der Waals surface area contributed by atoms with Gasteiger partial charge in [0, 0.05) is 27.9 Å². The maximum atomic E-state index is 12.3. The van der Waals surface area contributed by atoms with Crippen LogP contribution in [0.25, 0.3) is 32.7 Å². The number of hydrogen-bond acceptors (Lipinski definition) is 4. The molecule has 6 rings (SSSR count). The van der Waals surface area contributed by atoms with Crippen molar-refractivity contribution in [3.05, 3.63) is 84.6 Å². The molecule has 1 aliphatic rings. The normalized spacial score (nSPS) is 11.7. The third-order valence-electron chi connectivity index (χ3n) is 4.82. The number of rotatable bonds is 0. The summed E-state index contributed by atoms with van der Waals surface area (Å²) < 4.78 is 7.50. The average molecular weight is 496 g/mol. The number of fused-ring (bicyclic) bond motifs is 8. The van der Waals surface area contributed by atoms with Crippen LogP contribution in [0.3, 0.4) is 0 Å². The van der Waals surface area contributed by atoms with Crippen LogP contribution < -0.4 is 10.4 Å². The zero-order valence-electron chi connectivity index (χ0n) is 15.8. The molecule has 0 saturated heterocycles. The molecule has 0 aliphatic carbocycles. The predicted molar refractivity (Wildman–Crippen MR) is 108 cm³/mol. The van der Waals surface area contributed by atoms with Crippen LogP contribution in [-0.2, 0) is 24.1 Å².